The number of nitrogens with one attached hydrogen (secondary N) is 1. The van der Waals surface area contributed by atoms with Gasteiger partial charge in [0.15, 0.2) is 0 Å². The second-order valence-electron chi connectivity index (χ2n) is 6.12. The molecule has 0 aliphatic carbocycles. The summed E-state index contributed by atoms with van der Waals surface area (Å²) in [6.45, 7) is 3.15. The van der Waals surface area contributed by atoms with Crippen LogP contribution in [0, 0.1) is 0 Å². The lowest BCUT2D eigenvalue weighted by Crippen LogP contribution is -2.25. The van der Waals surface area contributed by atoms with Gasteiger partial charge in [-0.3, -0.25) is 9.78 Å². The van der Waals surface area contributed by atoms with E-state index in [0.717, 1.165) is 26.8 Å². The van der Waals surface area contributed by atoms with Crippen molar-refractivity contribution in [1.82, 2.24) is 4.98 Å². The predicted octanol–water partition coefficient (Wildman–Crippen LogP) is 5.51. The zero-order valence-electron chi connectivity index (χ0n) is 13.3. The summed E-state index contributed by atoms with van der Waals surface area (Å²) in [5.74, 6) is 0. The summed E-state index contributed by atoms with van der Waals surface area (Å²) in [4.78, 5) is 15.5. The molecule has 0 fully saturated rings. The maximum absolute atomic E-state index is 13.2. The highest BCUT2D eigenvalue weighted by molar-refractivity contribution is 9.10. The van der Waals surface area contributed by atoms with Crippen molar-refractivity contribution in [2.75, 3.05) is 5.32 Å². The topological polar surface area (TPSA) is 42.0 Å². The second-order valence-corrected chi connectivity index (χ2v) is 7.04. The highest BCUT2D eigenvalue weighted by atomic mass is 79.9. The third kappa shape index (κ3) is 3.17. The van der Waals surface area contributed by atoms with Crippen molar-refractivity contribution in [3.8, 4) is 0 Å². The molecule has 0 atom stereocenters. The van der Waals surface area contributed by atoms with Crippen LogP contribution in [-0.2, 0) is 10.2 Å². The minimum Gasteiger partial charge on any atom is -0.355 e. The third-order valence-corrected chi connectivity index (χ3v) is 4.57. The molecular formula is C19H16BrFN2O. The van der Waals surface area contributed by atoms with Crippen molar-refractivity contribution in [2.24, 2.45) is 0 Å². The number of benzene rings is 2. The van der Waals surface area contributed by atoms with Gasteiger partial charge in [0.05, 0.1) is 10.9 Å². The van der Waals surface area contributed by atoms with E-state index in [-0.39, 0.29) is 0 Å². The Labute approximate surface area is 148 Å². The van der Waals surface area contributed by atoms with Crippen LogP contribution in [-0.4, -0.2) is 11.0 Å². The Morgan fingerprint density at radius 2 is 1.83 bits per heavy atom. The summed E-state index contributed by atoms with van der Waals surface area (Å²) in [7, 11) is 0. The van der Waals surface area contributed by atoms with Crippen molar-refractivity contribution >= 4 is 44.2 Å². The Hall–Kier alpha value is -2.27. The first-order chi connectivity index (χ1) is 11.4. The van der Waals surface area contributed by atoms with E-state index in [9.17, 15) is 9.18 Å². The summed E-state index contributed by atoms with van der Waals surface area (Å²) in [5, 5.41) is 4.34. The summed E-state index contributed by atoms with van der Waals surface area (Å²) in [6.07, 6.45) is 1.75. The van der Waals surface area contributed by atoms with Gasteiger partial charge in [0.1, 0.15) is 0 Å². The summed E-state index contributed by atoms with van der Waals surface area (Å²) in [6, 6.07) is 13.7. The van der Waals surface area contributed by atoms with Crippen molar-refractivity contribution in [1.29, 1.82) is 0 Å². The number of anilines is 2. The zero-order valence-corrected chi connectivity index (χ0v) is 14.9. The number of hydrogen-bond donors (Lipinski definition) is 1. The molecule has 1 aromatic heterocycles. The molecule has 0 saturated heterocycles. The van der Waals surface area contributed by atoms with Gasteiger partial charge in [-0.05, 0) is 55.8 Å². The van der Waals surface area contributed by atoms with Gasteiger partial charge in [0.2, 0.25) is 0 Å². The average Bonchev–Trinajstić information content (AvgIpc) is 2.56. The number of aromatic nitrogens is 1. The molecule has 0 bridgehead atoms. The molecular weight excluding hydrogens is 371 g/mol. The van der Waals surface area contributed by atoms with E-state index in [2.05, 4.69) is 26.2 Å². The number of rotatable bonds is 4. The molecule has 2 aromatic carbocycles. The fraction of sp³-hybridized carbons (Fsp3) is 0.158. The molecule has 0 amide bonds. The van der Waals surface area contributed by atoms with Gasteiger partial charge in [-0.1, -0.05) is 28.1 Å². The minimum absolute atomic E-state index is 0.642. The van der Waals surface area contributed by atoms with E-state index in [4.69, 9.17) is 0 Å². The van der Waals surface area contributed by atoms with Crippen molar-refractivity contribution in [2.45, 2.75) is 19.3 Å². The first-order valence-electron chi connectivity index (χ1n) is 7.50. The zero-order chi connectivity index (χ0) is 17.3. The molecule has 0 spiro atoms. The van der Waals surface area contributed by atoms with Crippen LogP contribution in [0.2, 0.25) is 0 Å². The number of carbonyl (C=O) groups excluding carboxylic acids is 1. The van der Waals surface area contributed by atoms with E-state index in [1.54, 1.807) is 32.2 Å². The van der Waals surface area contributed by atoms with Gasteiger partial charge < -0.3 is 5.32 Å². The SMILES string of the molecule is CC(C)(C(=O)F)c1ccc(Nc2ccnc3ccc(Br)cc23)cc1. The molecule has 3 nitrogen and oxygen atoms in total. The number of carbonyl (C=O) groups is 1. The van der Waals surface area contributed by atoms with Crippen LogP contribution < -0.4 is 5.32 Å². The number of hydrogen-bond acceptors (Lipinski definition) is 3. The molecule has 3 aromatic rings. The lowest BCUT2D eigenvalue weighted by molar-refractivity contribution is -0.134. The van der Waals surface area contributed by atoms with Gasteiger partial charge in [-0.15, -0.1) is 0 Å². The molecule has 122 valence electrons. The van der Waals surface area contributed by atoms with Gasteiger partial charge in [0.25, 0.3) is 0 Å². The molecule has 0 unspecified atom stereocenters. The van der Waals surface area contributed by atoms with E-state index in [1.807, 2.05) is 36.4 Å². The molecule has 5 heteroatoms. The van der Waals surface area contributed by atoms with E-state index >= 15 is 0 Å². The van der Waals surface area contributed by atoms with E-state index in [1.165, 1.54) is 0 Å². The monoisotopic (exact) mass is 386 g/mol. The maximum atomic E-state index is 13.2. The first kappa shape index (κ1) is 16.6. The highest BCUT2D eigenvalue weighted by Gasteiger charge is 2.29. The Morgan fingerprint density at radius 3 is 2.50 bits per heavy atom. The van der Waals surface area contributed by atoms with Crippen LogP contribution in [0.4, 0.5) is 15.8 Å². The van der Waals surface area contributed by atoms with Crippen molar-refractivity contribution < 1.29 is 9.18 Å². The van der Waals surface area contributed by atoms with Gasteiger partial charge in [0, 0.05) is 27.4 Å². The summed E-state index contributed by atoms with van der Waals surface area (Å²) >= 11 is 3.47. The van der Waals surface area contributed by atoms with Crippen LogP contribution in [0.3, 0.4) is 0 Å². The van der Waals surface area contributed by atoms with Crippen LogP contribution in [0.1, 0.15) is 19.4 Å². The number of fused-ring (bicyclic) bond motifs is 1. The quantitative estimate of drug-likeness (QED) is 0.600. The normalized spacial score (nSPS) is 11.5. The fourth-order valence-electron chi connectivity index (χ4n) is 2.47. The number of pyridine rings is 1. The number of nitrogens with zero attached hydrogens (tertiary/aromatic N) is 1. The lowest BCUT2D eigenvalue weighted by Gasteiger charge is -2.19. The standard InChI is InChI=1S/C19H16BrFN2O/c1-19(2,18(21)24)12-3-6-14(7-4-12)23-17-9-10-22-16-8-5-13(20)11-15(16)17/h3-11H,1-2H3,(H,22,23). The Morgan fingerprint density at radius 1 is 1.12 bits per heavy atom. The predicted molar refractivity (Wildman–Crippen MR) is 98.3 cm³/mol. The van der Waals surface area contributed by atoms with Crippen LogP contribution in [0.15, 0.2) is 59.2 Å². The van der Waals surface area contributed by atoms with Gasteiger partial charge in [-0.2, -0.15) is 4.39 Å². The average molecular weight is 387 g/mol. The van der Waals surface area contributed by atoms with Crippen molar-refractivity contribution in [3.05, 3.63) is 64.8 Å². The van der Waals surface area contributed by atoms with Crippen LogP contribution in [0.5, 0.6) is 0 Å². The smallest absolute Gasteiger partial charge is 0.311 e. The van der Waals surface area contributed by atoms with Crippen LogP contribution in [0.25, 0.3) is 10.9 Å². The molecule has 0 saturated carbocycles. The highest BCUT2D eigenvalue weighted by Crippen LogP contribution is 2.30. The summed E-state index contributed by atoms with van der Waals surface area (Å²) < 4.78 is 14.1. The Kier molecular flexibility index (Phi) is 4.37. The first-order valence-corrected chi connectivity index (χ1v) is 8.29. The maximum Gasteiger partial charge on any atom is 0.311 e. The van der Waals surface area contributed by atoms with E-state index in [0.29, 0.717) is 5.56 Å². The summed E-state index contributed by atoms with van der Waals surface area (Å²) in [5.41, 5.74) is 2.18. The Bertz CT molecular complexity index is 907. The minimum atomic E-state index is -1.34. The molecule has 1 heterocycles. The molecule has 24 heavy (non-hydrogen) atoms. The Balaban J connectivity index is 1.92. The lowest BCUT2D eigenvalue weighted by atomic mass is 9.85. The van der Waals surface area contributed by atoms with Crippen LogP contribution >= 0.6 is 15.9 Å². The molecule has 0 aliphatic rings. The molecule has 3 rings (SSSR count). The molecule has 0 aliphatic heterocycles. The van der Waals surface area contributed by atoms with Gasteiger partial charge >= 0.3 is 6.04 Å². The van der Waals surface area contributed by atoms with E-state index < -0.39 is 11.5 Å². The van der Waals surface area contributed by atoms with Crippen molar-refractivity contribution in [3.63, 3.8) is 0 Å². The fourth-order valence-corrected chi connectivity index (χ4v) is 2.83. The third-order valence-electron chi connectivity index (χ3n) is 4.08. The molecule has 1 N–H and O–H groups in total. The largest absolute Gasteiger partial charge is 0.355 e. The number of halogens is 2. The molecule has 0 radical (unpaired) electrons. The second kappa shape index (κ2) is 6.32. The van der Waals surface area contributed by atoms with Gasteiger partial charge in [-0.25, -0.2) is 0 Å².